The first kappa shape index (κ1) is 22.0. The van der Waals surface area contributed by atoms with Crippen molar-refractivity contribution >= 4 is 45.8 Å². The van der Waals surface area contributed by atoms with Crippen molar-refractivity contribution in [2.75, 3.05) is 5.32 Å². The molecule has 1 aliphatic heterocycles. The molecule has 0 spiro atoms. The molecule has 0 bridgehead atoms. The van der Waals surface area contributed by atoms with Gasteiger partial charge in [0.2, 0.25) is 11.8 Å². The van der Waals surface area contributed by atoms with Crippen molar-refractivity contribution in [3.05, 3.63) is 65.2 Å². The number of likely N-dealkylation sites (tertiary alicyclic amines) is 1. The molecule has 3 amide bonds. The molecule has 1 saturated heterocycles. The van der Waals surface area contributed by atoms with Crippen molar-refractivity contribution in [2.24, 2.45) is 0 Å². The number of pyridine rings is 1. The molecule has 34 heavy (non-hydrogen) atoms. The summed E-state index contributed by atoms with van der Waals surface area (Å²) in [6, 6.07) is 13.0. The molecule has 0 saturated carbocycles. The van der Waals surface area contributed by atoms with Crippen LogP contribution in [-0.4, -0.2) is 37.4 Å². The Morgan fingerprint density at radius 2 is 1.85 bits per heavy atom. The van der Waals surface area contributed by atoms with Gasteiger partial charge < -0.3 is 5.32 Å². The third-order valence-electron chi connectivity index (χ3n) is 5.78. The third-order valence-corrected chi connectivity index (χ3v) is 6.67. The number of carbonyl (C=O) groups excluding carboxylic acids is 3. The maximum absolute atomic E-state index is 13.3. The highest BCUT2D eigenvalue weighted by Crippen LogP contribution is 2.29. The molecule has 4 aromatic rings. The molecule has 0 atom stereocenters. The van der Waals surface area contributed by atoms with E-state index >= 15 is 0 Å². The van der Waals surface area contributed by atoms with Crippen molar-refractivity contribution in [1.82, 2.24) is 19.7 Å². The second-order valence-corrected chi connectivity index (χ2v) is 9.42. The minimum atomic E-state index is -0.258. The van der Waals surface area contributed by atoms with E-state index in [-0.39, 0.29) is 43.1 Å². The van der Waals surface area contributed by atoms with Gasteiger partial charge in [0.25, 0.3) is 5.91 Å². The Kier molecular flexibility index (Phi) is 5.70. The Balaban J connectivity index is 1.42. The number of nitrogens with one attached hydrogen (secondary N) is 1. The quantitative estimate of drug-likeness (QED) is 0.412. The van der Waals surface area contributed by atoms with Gasteiger partial charge in [0, 0.05) is 24.6 Å². The largest absolute Gasteiger partial charge is 0.322 e. The second kappa shape index (κ2) is 8.83. The van der Waals surface area contributed by atoms with Gasteiger partial charge in [0.15, 0.2) is 5.65 Å². The summed E-state index contributed by atoms with van der Waals surface area (Å²) in [5, 5.41) is 10.1. The Bertz CT molecular complexity index is 1370. The number of hydrogen-bond acceptors (Lipinski definition) is 6. The van der Waals surface area contributed by atoms with Crippen LogP contribution < -0.4 is 5.32 Å². The summed E-state index contributed by atoms with van der Waals surface area (Å²) in [6.07, 6.45) is 2.23. The second-order valence-electron chi connectivity index (χ2n) is 8.48. The van der Waals surface area contributed by atoms with Crippen LogP contribution in [0.15, 0.2) is 54.0 Å². The van der Waals surface area contributed by atoms with Gasteiger partial charge in [-0.05, 0) is 49.1 Å². The van der Waals surface area contributed by atoms with Crippen molar-refractivity contribution in [3.63, 3.8) is 0 Å². The lowest BCUT2D eigenvalue weighted by Gasteiger charge is -2.14. The Morgan fingerprint density at radius 1 is 1.12 bits per heavy atom. The van der Waals surface area contributed by atoms with Crippen LogP contribution in [0.4, 0.5) is 5.69 Å². The van der Waals surface area contributed by atoms with E-state index in [2.05, 4.69) is 10.4 Å². The molecular formula is C25H23N5O3S. The van der Waals surface area contributed by atoms with Gasteiger partial charge in [-0.15, -0.1) is 11.3 Å². The zero-order valence-corrected chi connectivity index (χ0v) is 19.6. The van der Waals surface area contributed by atoms with Gasteiger partial charge in [-0.1, -0.05) is 18.2 Å². The maximum atomic E-state index is 13.3. The Morgan fingerprint density at radius 3 is 2.50 bits per heavy atom. The van der Waals surface area contributed by atoms with E-state index in [4.69, 9.17) is 4.98 Å². The van der Waals surface area contributed by atoms with Gasteiger partial charge in [-0.2, -0.15) is 5.10 Å². The van der Waals surface area contributed by atoms with Crippen molar-refractivity contribution in [1.29, 1.82) is 0 Å². The van der Waals surface area contributed by atoms with E-state index in [0.29, 0.717) is 22.3 Å². The Labute approximate surface area is 200 Å². The van der Waals surface area contributed by atoms with Crippen LogP contribution in [0.5, 0.6) is 0 Å². The first-order valence-electron chi connectivity index (χ1n) is 11.1. The molecule has 1 aromatic carbocycles. The number of carbonyl (C=O) groups is 3. The normalized spacial score (nSPS) is 13.9. The van der Waals surface area contributed by atoms with Crippen molar-refractivity contribution in [2.45, 2.75) is 39.3 Å². The van der Waals surface area contributed by atoms with E-state index in [0.717, 1.165) is 16.1 Å². The fourth-order valence-corrected chi connectivity index (χ4v) is 4.69. The van der Waals surface area contributed by atoms with E-state index in [1.165, 1.54) is 4.90 Å². The molecule has 8 nitrogen and oxygen atoms in total. The van der Waals surface area contributed by atoms with Crippen LogP contribution >= 0.6 is 11.3 Å². The van der Waals surface area contributed by atoms with Crippen LogP contribution in [0.25, 0.3) is 21.6 Å². The zero-order valence-electron chi connectivity index (χ0n) is 18.8. The third kappa shape index (κ3) is 4.10. The highest BCUT2D eigenvalue weighted by Gasteiger charge is 2.28. The van der Waals surface area contributed by atoms with Crippen molar-refractivity contribution in [3.8, 4) is 10.6 Å². The number of fused-ring (bicyclic) bond motifs is 1. The topological polar surface area (TPSA) is 97.2 Å². The number of hydrogen-bond donors (Lipinski definition) is 1. The number of imide groups is 1. The van der Waals surface area contributed by atoms with E-state index in [9.17, 15) is 14.4 Å². The fraction of sp³-hybridized carbons (Fsp3) is 0.240. The summed E-state index contributed by atoms with van der Waals surface area (Å²) in [4.78, 5) is 44.1. The summed E-state index contributed by atoms with van der Waals surface area (Å²) in [7, 11) is 0. The van der Waals surface area contributed by atoms with Crippen LogP contribution in [-0.2, 0) is 16.1 Å². The lowest BCUT2D eigenvalue weighted by Crippen LogP contribution is -2.28. The molecule has 5 rings (SSSR count). The number of anilines is 1. The van der Waals surface area contributed by atoms with E-state index in [1.807, 2.05) is 48.2 Å². The molecule has 9 heteroatoms. The minimum absolute atomic E-state index is 0.0985. The molecule has 4 heterocycles. The summed E-state index contributed by atoms with van der Waals surface area (Å²) in [6.45, 7) is 4.29. The van der Waals surface area contributed by atoms with Gasteiger partial charge >= 0.3 is 0 Å². The first-order valence-corrected chi connectivity index (χ1v) is 11.9. The molecule has 0 unspecified atom stereocenters. The Hall–Kier alpha value is -3.85. The van der Waals surface area contributed by atoms with Crippen LogP contribution in [0.2, 0.25) is 0 Å². The minimum Gasteiger partial charge on any atom is -0.322 e. The molecule has 0 aliphatic carbocycles. The molecule has 172 valence electrons. The van der Waals surface area contributed by atoms with E-state index in [1.54, 1.807) is 35.7 Å². The van der Waals surface area contributed by atoms with Crippen LogP contribution in [0, 0.1) is 0 Å². The van der Waals surface area contributed by atoms with E-state index < -0.39 is 0 Å². The predicted molar refractivity (Wildman–Crippen MR) is 130 cm³/mol. The number of amides is 3. The van der Waals surface area contributed by atoms with Crippen LogP contribution in [0.1, 0.15) is 48.7 Å². The smallest absolute Gasteiger partial charge is 0.256 e. The number of thiophene rings is 1. The monoisotopic (exact) mass is 473 g/mol. The lowest BCUT2D eigenvalue weighted by molar-refractivity contribution is -0.139. The summed E-state index contributed by atoms with van der Waals surface area (Å²) in [5.41, 5.74) is 3.34. The summed E-state index contributed by atoms with van der Waals surface area (Å²) >= 11 is 1.56. The molecule has 1 fully saturated rings. The first-order chi connectivity index (χ1) is 16.4. The fourth-order valence-electron chi connectivity index (χ4n) is 4.01. The maximum Gasteiger partial charge on any atom is 0.256 e. The average Bonchev–Trinajstić information content (AvgIpc) is 3.56. The van der Waals surface area contributed by atoms with Gasteiger partial charge in [-0.25, -0.2) is 9.67 Å². The summed E-state index contributed by atoms with van der Waals surface area (Å²) in [5.74, 6) is -0.550. The highest BCUT2D eigenvalue weighted by atomic mass is 32.1. The standard InChI is InChI=1S/C25H23N5O3S/c1-15(2)30-24-19(13-26-30)18(12-20(28-24)21-4-3-11-34-21)25(33)27-17-7-5-16(6-8-17)14-29-22(31)9-10-23(29)32/h3-8,11-13,15H,9-10,14H2,1-2H3,(H,27,33). The molecular weight excluding hydrogens is 450 g/mol. The number of aromatic nitrogens is 3. The average molecular weight is 474 g/mol. The summed E-state index contributed by atoms with van der Waals surface area (Å²) < 4.78 is 1.82. The molecule has 1 aliphatic rings. The zero-order chi connectivity index (χ0) is 23.8. The predicted octanol–water partition coefficient (Wildman–Crippen LogP) is 4.64. The number of nitrogens with zero attached hydrogens (tertiary/aromatic N) is 4. The SMILES string of the molecule is CC(C)n1ncc2c(C(=O)Nc3ccc(CN4C(=O)CCC4=O)cc3)cc(-c3cccs3)nc21. The molecule has 1 N–H and O–H groups in total. The van der Waals surface area contributed by atoms with Gasteiger partial charge in [0.1, 0.15) is 0 Å². The number of rotatable bonds is 6. The highest BCUT2D eigenvalue weighted by molar-refractivity contribution is 7.13. The molecule has 0 radical (unpaired) electrons. The number of benzene rings is 1. The van der Waals surface area contributed by atoms with Gasteiger partial charge in [-0.3, -0.25) is 19.3 Å². The van der Waals surface area contributed by atoms with Crippen LogP contribution in [0.3, 0.4) is 0 Å². The molecule has 3 aromatic heterocycles. The van der Waals surface area contributed by atoms with Gasteiger partial charge in [0.05, 0.1) is 34.3 Å². The lowest BCUT2D eigenvalue weighted by atomic mass is 10.1. The van der Waals surface area contributed by atoms with Crippen molar-refractivity contribution < 1.29 is 14.4 Å².